The monoisotopic (exact) mass is 240 g/mol. The van der Waals surface area contributed by atoms with Crippen LogP contribution in [0, 0.1) is 18.3 Å². The van der Waals surface area contributed by atoms with E-state index in [9.17, 15) is 4.79 Å². The summed E-state index contributed by atoms with van der Waals surface area (Å²) in [5.74, 6) is 0.445. The molecule has 0 atom stereocenters. The van der Waals surface area contributed by atoms with Crippen LogP contribution in [0.4, 0.5) is 11.5 Å². The van der Waals surface area contributed by atoms with Gasteiger partial charge in [0.05, 0.1) is 0 Å². The van der Waals surface area contributed by atoms with Gasteiger partial charge in [-0.05, 0) is 24.6 Å². The summed E-state index contributed by atoms with van der Waals surface area (Å²) in [5, 5.41) is 8.82. The maximum absolute atomic E-state index is 11.3. The van der Waals surface area contributed by atoms with Crippen molar-refractivity contribution in [1.82, 2.24) is 9.97 Å². The second kappa shape index (κ2) is 4.72. The number of hydrogen-bond donors (Lipinski definition) is 1. The fraction of sp³-hybridized carbons (Fsp3) is 0.154. The molecule has 90 valence electrons. The van der Waals surface area contributed by atoms with Gasteiger partial charge in [-0.3, -0.25) is 4.98 Å². The van der Waals surface area contributed by atoms with Gasteiger partial charge in [-0.25, -0.2) is 4.79 Å². The number of benzene rings is 1. The van der Waals surface area contributed by atoms with Crippen LogP contribution < -0.4 is 10.6 Å². The molecule has 5 nitrogen and oxygen atoms in total. The average molecular weight is 240 g/mol. The van der Waals surface area contributed by atoms with Crippen LogP contribution in [-0.4, -0.2) is 17.0 Å². The molecule has 0 aliphatic heterocycles. The van der Waals surface area contributed by atoms with Crippen molar-refractivity contribution in [2.45, 2.75) is 6.92 Å². The molecule has 0 radical (unpaired) electrons. The van der Waals surface area contributed by atoms with Crippen molar-refractivity contribution < 1.29 is 0 Å². The Labute approximate surface area is 104 Å². The van der Waals surface area contributed by atoms with E-state index in [4.69, 9.17) is 5.26 Å². The Morgan fingerprint density at radius 2 is 2.17 bits per heavy atom. The van der Waals surface area contributed by atoms with E-state index in [0.717, 1.165) is 11.3 Å². The Morgan fingerprint density at radius 1 is 1.39 bits per heavy atom. The predicted molar refractivity (Wildman–Crippen MR) is 68.8 cm³/mol. The minimum atomic E-state index is -0.524. The zero-order valence-electron chi connectivity index (χ0n) is 10.1. The molecule has 1 aromatic carbocycles. The first kappa shape index (κ1) is 11.9. The van der Waals surface area contributed by atoms with Crippen LogP contribution >= 0.6 is 0 Å². The number of anilines is 2. The molecular formula is C13H12N4O. The standard InChI is InChI=1S/C13H12N4O/c1-9-4-3-5-11(6-9)17(2)12-7-10(8-14)15-13(18)16-12/h3-7H,1-2H3,(H,15,16,18). The van der Waals surface area contributed by atoms with E-state index in [-0.39, 0.29) is 5.69 Å². The molecule has 0 spiro atoms. The Balaban J connectivity index is 2.46. The fourth-order valence-electron chi connectivity index (χ4n) is 1.65. The van der Waals surface area contributed by atoms with Crippen LogP contribution in [0.2, 0.25) is 0 Å². The third kappa shape index (κ3) is 2.38. The number of nitriles is 1. The van der Waals surface area contributed by atoms with Crippen LogP contribution in [0.15, 0.2) is 35.1 Å². The van der Waals surface area contributed by atoms with Crippen molar-refractivity contribution in [3.63, 3.8) is 0 Å². The van der Waals surface area contributed by atoms with Gasteiger partial charge < -0.3 is 4.90 Å². The molecule has 0 aliphatic rings. The summed E-state index contributed by atoms with van der Waals surface area (Å²) in [6.07, 6.45) is 0. The van der Waals surface area contributed by atoms with Crippen molar-refractivity contribution in [2.24, 2.45) is 0 Å². The lowest BCUT2D eigenvalue weighted by Gasteiger charge is -2.18. The lowest BCUT2D eigenvalue weighted by Crippen LogP contribution is -2.19. The number of nitrogens with one attached hydrogen (secondary N) is 1. The molecule has 1 heterocycles. The second-order valence-corrected chi connectivity index (χ2v) is 3.97. The lowest BCUT2D eigenvalue weighted by molar-refractivity contribution is 1.01. The molecule has 1 aromatic heterocycles. The Bertz CT molecular complexity index is 669. The first-order valence-electron chi connectivity index (χ1n) is 5.42. The molecule has 0 aliphatic carbocycles. The highest BCUT2D eigenvalue weighted by atomic mass is 16.1. The number of rotatable bonds is 2. The van der Waals surface area contributed by atoms with E-state index in [1.807, 2.05) is 37.3 Å². The lowest BCUT2D eigenvalue weighted by atomic mass is 10.2. The SMILES string of the molecule is Cc1cccc(N(C)c2cc(C#N)[nH]c(=O)n2)c1. The maximum atomic E-state index is 11.3. The largest absolute Gasteiger partial charge is 0.347 e. The van der Waals surface area contributed by atoms with Gasteiger partial charge in [0.2, 0.25) is 0 Å². The van der Waals surface area contributed by atoms with Gasteiger partial charge in [0.25, 0.3) is 0 Å². The van der Waals surface area contributed by atoms with Gasteiger partial charge in [0.15, 0.2) is 0 Å². The van der Waals surface area contributed by atoms with Crippen LogP contribution in [0.5, 0.6) is 0 Å². The molecule has 0 amide bonds. The highest BCUT2D eigenvalue weighted by molar-refractivity contribution is 5.60. The minimum Gasteiger partial charge on any atom is -0.329 e. The summed E-state index contributed by atoms with van der Waals surface area (Å²) in [6.45, 7) is 1.99. The van der Waals surface area contributed by atoms with Crippen LogP contribution in [0.1, 0.15) is 11.3 Å². The summed E-state index contributed by atoms with van der Waals surface area (Å²) in [7, 11) is 1.80. The molecule has 0 saturated carbocycles. The van der Waals surface area contributed by atoms with Crippen molar-refractivity contribution in [1.29, 1.82) is 5.26 Å². The van der Waals surface area contributed by atoms with E-state index in [1.165, 1.54) is 0 Å². The topological polar surface area (TPSA) is 72.8 Å². The maximum Gasteiger partial charge on any atom is 0.347 e. The quantitative estimate of drug-likeness (QED) is 0.867. The highest BCUT2D eigenvalue weighted by Crippen LogP contribution is 2.21. The van der Waals surface area contributed by atoms with Gasteiger partial charge in [-0.1, -0.05) is 12.1 Å². The van der Waals surface area contributed by atoms with Crippen LogP contribution in [0.3, 0.4) is 0 Å². The zero-order chi connectivity index (χ0) is 13.1. The molecule has 0 unspecified atom stereocenters. The Kier molecular flexibility index (Phi) is 3.11. The molecule has 5 heteroatoms. The predicted octanol–water partition coefficient (Wildman–Crippen LogP) is 1.72. The summed E-state index contributed by atoms with van der Waals surface area (Å²) in [5.41, 5.74) is 1.70. The first-order valence-corrected chi connectivity index (χ1v) is 5.42. The third-order valence-corrected chi connectivity index (χ3v) is 2.58. The number of aromatic nitrogens is 2. The van der Waals surface area contributed by atoms with E-state index < -0.39 is 5.69 Å². The highest BCUT2D eigenvalue weighted by Gasteiger charge is 2.08. The average Bonchev–Trinajstić information content (AvgIpc) is 2.37. The number of hydrogen-bond acceptors (Lipinski definition) is 4. The molecule has 2 aromatic rings. The number of aryl methyl sites for hydroxylation is 1. The summed E-state index contributed by atoms with van der Waals surface area (Å²) in [4.78, 5) is 19.3. The molecule has 1 N–H and O–H groups in total. The molecule has 0 bridgehead atoms. The number of H-pyrrole nitrogens is 1. The second-order valence-electron chi connectivity index (χ2n) is 3.97. The number of aromatic amines is 1. The molecule has 18 heavy (non-hydrogen) atoms. The summed E-state index contributed by atoms with van der Waals surface area (Å²) >= 11 is 0. The van der Waals surface area contributed by atoms with Gasteiger partial charge in [-0.2, -0.15) is 10.2 Å². The van der Waals surface area contributed by atoms with E-state index in [1.54, 1.807) is 18.0 Å². The van der Waals surface area contributed by atoms with E-state index >= 15 is 0 Å². The summed E-state index contributed by atoms with van der Waals surface area (Å²) in [6, 6.07) is 11.3. The fourth-order valence-corrected chi connectivity index (χ4v) is 1.65. The van der Waals surface area contributed by atoms with Gasteiger partial charge in [-0.15, -0.1) is 0 Å². The van der Waals surface area contributed by atoms with Crippen molar-refractivity contribution in [3.05, 3.63) is 52.1 Å². The third-order valence-electron chi connectivity index (χ3n) is 2.58. The van der Waals surface area contributed by atoms with Gasteiger partial charge >= 0.3 is 5.69 Å². The summed E-state index contributed by atoms with van der Waals surface area (Å²) < 4.78 is 0. The van der Waals surface area contributed by atoms with E-state index in [0.29, 0.717) is 5.82 Å². The van der Waals surface area contributed by atoms with Crippen LogP contribution in [0.25, 0.3) is 0 Å². The minimum absolute atomic E-state index is 0.199. The molecule has 0 saturated heterocycles. The Hall–Kier alpha value is -2.61. The van der Waals surface area contributed by atoms with Gasteiger partial charge in [0, 0.05) is 18.8 Å². The van der Waals surface area contributed by atoms with E-state index in [2.05, 4.69) is 9.97 Å². The van der Waals surface area contributed by atoms with Crippen molar-refractivity contribution in [3.8, 4) is 6.07 Å². The normalized spacial score (nSPS) is 9.83. The van der Waals surface area contributed by atoms with Gasteiger partial charge in [0.1, 0.15) is 17.6 Å². The van der Waals surface area contributed by atoms with Crippen molar-refractivity contribution >= 4 is 11.5 Å². The molecule has 0 fully saturated rings. The van der Waals surface area contributed by atoms with Crippen LogP contribution in [-0.2, 0) is 0 Å². The Morgan fingerprint density at radius 3 is 2.83 bits per heavy atom. The first-order chi connectivity index (χ1) is 8.60. The van der Waals surface area contributed by atoms with Crippen molar-refractivity contribution in [2.75, 3.05) is 11.9 Å². The molecular weight excluding hydrogens is 228 g/mol. The zero-order valence-corrected chi connectivity index (χ0v) is 10.1. The number of nitrogens with zero attached hydrogens (tertiary/aromatic N) is 3. The molecule has 2 rings (SSSR count). The smallest absolute Gasteiger partial charge is 0.329 e.